The van der Waals surface area contributed by atoms with Crippen LogP contribution in [0.2, 0.25) is 0 Å². The molecule has 1 fully saturated rings. The highest BCUT2D eigenvalue weighted by Crippen LogP contribution is 2.15. The highest BCUT2D eigenvalue weighted by molar-refractivity contribution is 14.0. The quantitative estimate of drug-likeness (QED) is 0.374. The molecule has 0 amide bonds. The molecule has 1 aliphatic heterocycles. The Bertz CT molecular complexity index is 689. The fraction of sp³-hybridized carbons (Fsp3) is 0.474. The van der Waals surface area contributed by atoms with Crippen molar-refractivity contribution in [2.24, 2.45) is 4.99 Å². The van der Waals surface area contributed by atoms with Crippen LogP contribution in [0.25, 0.3) is 0 Å². The van der Waals surface area contributed by atoms with Crippen molar-refractivity contribution in [1.29, 1.82) is 0 Å². The Labute approximate surface area is 178 Å². The lowest BCUT2D eigenvalue weighted by Gasteiger charge is -2.32. The predicted octanol–water partition coefficient (Wildman–Crippen LogP) is 2.09. The van der Waals surface area contributed by atoms with Crippen LogP contribution in [0.1, 0.15) is 12.5 Å². The summed E-state index contributed by atoms with van der Waals surface area (Å²) in [6, 6.07) is 8.25. The molecule has 0 radical (unpaired) electrons. The molecule has 1 saturated heterocycles. The molecule has 0 aromatic carbocycles. The maximum Gasteiger partial charge on any atom is 0.191 e. The Morgan fingerprint density at radius 3 is 2.78 bits per heavy atom. The number of halogens is 1. The van der Waals surface area contributed by atoms with E-state index in [0.29, 0.717) is 6.54 Å². The molecular formula is C19H29IN6O. The summed E-state index contributed by atoms with van der Waals surface area (Å²) in [7, 11) is 1.78. The van der Waals surface area contributed by atoms with Crippen LogP contribution in [0.4, 0.5) is 5.82 Å². The van der Waals surface area contributed by atoms with Crippen molar-refractivity contribution < 1.29 is 4.74 Å². The molecule has 0 spiro atoms. The third-order valence-electron chi connectivity index (χ3n) is 4.39. The third-order valence-corrected chi connectivity index (χ3v) is 4.39. The first-order valence-corrected chi connectivity index (χ1v) is 9.11. The van der Waals surface area contributed by atoms with Crippen LogP contribution in [-0.4, -0.2) is 54.9 Å². The highest BCUT2D eigenvalue weighted by Gasteiger charge is 2.17. The zero-order chi connectivity index (χ0) is 18.2. The summed E-state index contributed by atoms with van der Waals surface area (Å²) in [6.07, 6.45) is 6.30. The lowest BCUT2D eigenvalue weighted by molar-refractivity contribution is 0.0529. The number of anilines is 1. The standard InChI is InChI=1S/C19H28N6O.HI/c1-16-15-25(11-12-26-16)18-6-5-17(13-22-18)14-23-19(20-2)21-7-10-24-8-3-4-9-24;/h3-6,8-9,13,16H,7,10-12,14-15H2,1-2H3,(H2,20,21,23);1H. The Hall–Kier alpha value is -1.81. The molecule has 0 saturated carbocycles. The lowest BCUT2D eigenvalue weighted by Crippen LogP contribution is -2.41. The molecule has 7 nitrogen and oxygen atoms in total. The van der Waals surface area contributed by atoms with Crippen molar-refractivity contribution >= 4 is 35.8 Å². The molecule has 0 aliphatic carbocycles. The van der Waals surface area contributed by atoms with Gasteiger partial charge in [0.1, 0.15) is 5.82 Å². The second-order valence-corrected chi connectivity index (χ2v) is 6.43. The predicted molar refractivity (Wildman–Crippen MR) is 120 cm³/mol. The molecule has 1 atom stereocenters. The van der Waals surface area contributed by atoms with Gasteiger partial charge in [0.15, 0.2) is 5.96 Å². The van der Waals surface area contributed by atoms with E-state index >= 15 is 0 Å². The van der Waals surface area contributed by atoms with E-state index in [1.165, 1.54) is 0 Å². The number of nitrogens with one attached hydrogen (secondary N) is 2. The first-order chi connectivity index (χ1) is 12.7. The average Bonchev–Trinajstić information content (AvgIpc) is 3.18. The van der Waals surface area contributed by atoms with Gasteiger partial charge in [-0.2, -0.15) is 0 Å². The Morgan fingerprint density at radius 2 is 2.11 bits per heavy atom. The molecule has 3 heterocycles. The van der Waals surface area contributed by atoms with Crippen molar-refractivity contribution in [3.8, 4) is 0 Å². The number of morpholine rings is 1. The number of nitrogens with zero attached hydrogens (tertiary/aromatic N) is 4. The molecular weight excluding hydrogens is 455 g/mol. The minimum absolute atomic E-state index is 0. The van der Waals surface area contributed by atoms with E-state index in [-0.39, 0.29) is 30.1 Å². The van der Waals surface area contributed by atoms with E-state index in [1.54, 1.807) is 7.05 Å². The van der Waals surface area contributed by atoms with Crippen LogP contribution >= 0.6 is 24.0 Å². The number of ether oxygens (including phenoxy) is 1. The number of rotatable bonds is 6. The maximum absolute atomic E-state index is 5.59. The maximum atomic E-state index is 5.59. The summed E-state index contributed by atoms with van der Waals surface area (Å²) in [5.41, 5.74) is 1.13. The molecule has 0 bridgehead atoms. The second kappa shape index (κ2) is 11.1. The summed E-state index contributed by atoms with van der Waals surface area (Å²) >= 11 is 0. The lowest BCUT2D eigenvalue weighted by atomic mass is 10.2. The number of aliphatic imine (C=N–C) groups is 1. The van der Waals surface area contributed by atoms with Gasteiger partial charge < -0.3 is 24.8 Å². The van der Waals surface area contributed by atoms with Crippen LogP contribution in [0.5, 0.6) is 0 Å². The zero-order valence-electron chi connectivity index (χ0n) is 16.0. The minimum Gasteiger partial charge on any atom is -0.375 e. The summed E-state index contributed by atoms with van der Waals surface area (Å²) in [4.78, 5) is 11.1. The van der Waals surface area contributed by atoms with Gasteiger partial charge in [-0.3, -0.25) is 4.99 Å². The molecule has 1 aliphatic rings. The SMILES string of the molecule is CN=C(NCCn1cccc1)NCc1ccc(N2CCOC(C)C2)nc1.I. The van der Waals surface area contributed by atoms with Crippen molar-refractivity contribution in [1.82, 2.24) is 20.2 Å². The smallest absolute Gasteiger partial charge is 0.191 e. The van der Waals surface area contributed by atoms with Crippen molar-refractivity contribution in [2.45, 2.75) is 26.1 Å². The van der Waals surface area contributed by atoms with Gasteiger partial charge in [0, 0.05) is 58.4 Å². The van der Waals surface area contributed by atoms with Crippen LogP contribution in [0.15, 0.2) is 47.8 Å². The topological polar surface area (TPSA) is 66.7 Å². The van der Waals surface area contributed by atoms with Gasteiger partial charge >= 0.3 is 0 Å². The van der Waals surface area contributed by atoms with Crippen LogP contribution in [0, 0.1) is 0 Å². The normalized spacial score (nSPS) is 17.3. The van der Waals surface area contributed by atoms with E-state index in [4.69, 9.17) is 4.74 Å². The molecule has 1 unspecified atom stereocenters. The molecule has 2 aromatic rings. The summed E-state index contributed by atoms with van der Waals surface area (Å²) in [5.74, 6) is 1.81. The number of pyridine rings is 1. The van der Waals surface area contributed by atoms with E-state index < -0.39 is 0 Å². The molecule has 2 aromatic heterocycles. The largest absolute Gasteiger partial charge is 0.375 e. The minimum atomic E-state index is 0. The van der Waals surface area contributed by atoms with Gasteiger partial charge in [-0.25, -0.2) is 4.98 Å². The van der Waals surface area contributed by atoms with Gasteiger partial charge in [-0.1, -0.05) is 6.07 Å². The van der Waals surface area contributed by atoms with Gasteiger partial charge in [-0.05, 0) is 30.7 Å². The van der Waals surface area contributed by atoms with E-state index in [1.807, 2.05) is 18.3 Å². The Kier molecular flexibility index (Phi) is 8.86. The fourth-order valence-corrected chi connectivity index (χ4v) is 2.96. The molecule has 8 heteroatoms. The van der Waals surface area contributed by atoms with E-state index in [2.05, 4.69) is 61.5 Å². The Balaban J connectivity index is 0.00000261. The molecule has 148 valence electrons. The number of guanidine groups is 1. The average molecular weight is 484 g/mol. The number of hydrogen-bond donors (Lipinski definition) is 2. The van der Waals surface area contributed by atoms with E-state index in [0.717, 1.165) is 50.1 Å². The van der Waals surface area contributed by atoms with Crippen molar-refractivity contribution in [2.75, 3.05) is 38.2 Å². The Morgan fingerprint density at radius 1 is 1.30 bits per heavy atom. The van der Waals surface area contributed by atoms with Crippen LogP contribution in [-0.2, 0) is 17.8 Å². The van der Waals surface area contributed by atoms with Crippen LogP contribution < -0.4 is 15.5 Å². The highest BCUT2D eigenvalue weighted by atomic mass is 127. The zero-order valence-corrected chi connectivity index (χ0v) is 18.3. The number of aromatic nitrogens is 2. The first-order valence-electron chi connectivity index (χ1n) is 9.11. The van der Waals surface area contributed by atoms with Gasteiger partial charge in [-0.15, -0.1) is 24.0 Å². The molecule has 27 heavy (non-hydrogen) atoms. The van der Waals surface area contributed by atoms with Crippen LogP contribution in [0.3, 0.4) is 0 Å². The molecule has 3 rings (SSSR count). The van der Waals surface area contributed by atoms with E-state index in [9.17, 15) is 0 Å². The summed E-state index contributed by atoms with van der Waals surface area (Å²) in [6.45, 7) is 7.06. The van der Waals surface area contributed by atoms with Crippen molar-refractivity contribution in [3.05, 3.63) is 48.4 Å². The third kappa shape index (κ3) is 6.69. The van der Waals surface area contributed by atoms with Crippen molar-refractivity contribution in [3.63, 3.8) is 0 Å². The number of hydrogen-bond acceptors (Lipinski definition) is 4. The monoisotopic (exact) mass is 484 g/mol. The first kappa shape index (κ1) is 21.5. The summed E-state index contributed by atoms with van der Waals surface area (Å²) in [5, 5.41) is 6.65. The van der Waals surface area contributed by atoms with Gasteiger partial charge in [0.05, 0.1) is 12.7 Å². The second-order valence-electron chi connectivity index (χ2n) is 6.43. The van der Waals surface area contributed by atoms with Gasteiger partial charge in [0.2, 0.25) is 0 Å². The fourth-order valence-electron chi connectivity index (χ4n) is 2.96. The molecule has 2 N–H and O–H groups in total. The van der Waals surface area contributed by atoms with Gasteiger partial charge in [0.25, 0.3) is 0 Å². The summed E-state index contributed by atoms with van der Waals surface area (Å²) < 4.78 is 7.72.